The second kappa shape index (κ2) is 34.4. The van der Waals surface area contributed by atoms with Crippen LogP contribution < -0.4 is 0 Å². The van der Waals surface area contributed by atoms with Crippen molar-refractivity contribution < 1.29 is 13.2 Å². The minimum Gasteiger partial charge on any atom is -0.309 e. The minimum absolute atomic E-state index is 0.183. The maximum atomic E-state index is 16.6. The quantitative estimate of drug-likeness (QED) is 0.0587. The Morgan fingerprint density at radius 1 is 0.242 bits per heavy atom. The Hall–Kier alpha value is -18.0. The highest BCUT2D eigenvalue weighted by Gasteiger charge is 2.34. The molecule has 0 aliphatic rings. The van der Waals surface area contributed by atoms with E-state index in [9.17, 15) is 0 Å². The average molecular weight is 1710 g/mol. The maximum Gasteiger partial charge on any atom is 0.416 e. The third-order valence-electron chi connectivity index (χ3n) is 23.3. The van der Waals surface area contributed by atoms with Gasteiger partial charge in [-0.3, -0.25) is 0 Å². The van der Waals surface area contributed by atoms with Crippen LogP contribution in [0.15, 0.2) is 434 Å². The van der Waals surface area contributed by atoms with Gasteiger partial charge in [0.25, 0.3) is 0 Å². The second-order valence-electron chi connectivity index (χ2n) is 31.6. The molecule has 624 valence electrons. The fraction of sp³-hybridized carbons (Fsp3) is 0.00885. The van der Waals surface area contributed by atoms with E-state index in [2.05, 4.69) is 28.4 Å². The van der Waals surface area contributed by atoms with Gasteiger partial charge >= 0.3 is 6.18 Å². The third kappa shape index (κ3) is 15.8. The van der Waals surface area contributed by atoms with E-state index in [0.29, 0.717) is 142 Å². The summed E-state index contributed by atoms with van der Waals surface area (Å²) in [6, 6.07) is 133. The number of benzene rings is 16. The van der Waals surface area contributed by atoms with E-state index >= 15 is 13.2 Å². The summed E-state index contributed by atoms with van der Waals surface area (Å²) < 4.78 is 54.0. The Morgan fingerprint density at radius 2 is 0.576 bits per heavy atom. The van der Waals surface area contributed by atoms with Crippen molar-refractivity contribution in [2.75, 3.05) is 0 Å². The highest BCUT2D eigenvalue weighted by Crippen LogP contribution is 2.47. The van der Waals surface area contributed by atoms with Gasteiger partial charge in [0.05, 0.1) is 50.4 Å². The lowest BCUT2D eigenvalue weighted by Crippen LogP contribution is -2.08. The van der Waals surface area contributed by atoms with Crippen LogP contribution in [0.2, 0.25) is 0 Å². The van der Waals surface area contributed by atoms with Crippen LogP contribution in [0.4, 0.5) is 18.9 Å². The average Bonchev–Trinajstić information content (AvgIpc) is 1.54. The van der Waals surface area contributed by atoms with Crippen LogP contribution in [0, 0.1) is 0 Å². The lowest BCUT2D eigenvalue weighted by molar-refractivity contribution is -0.137. The van der Waals surface area contributed by atoms with E-state index in [1.165, 1.54) is 6.07 Å². The van der Waals surface area contributed by atoms with Crippen LogP contribution in [0.1, 0.15) is 16.7 Å². The van der Waals surface area contributed by atoms with Crippen molar-refractivity contribution >= 4 is 67.7 Å². The minimum atomic E-state index is -4.87. The molecule has 0 fully saturated rings. The van der Waals surface area contributed by atoms with E-state index in [-0.39, 0.29) is 17.2 Å². The molecule has 22 rings (SSSR count). The zero-order valence-corrected chi connectivity index (χ0v) is 70.3. The first-order valence-corrected chi connectivity index (χ1v) is 42.9. The largest absolute Gasteiger partial charge is 0.416 e. The molecule has 0 unspecified atom stereocenters. The lowest BCUT2D eigenvalue weighted by Gasteiger charge is -2.20. The summed E-state index contributed by atoms with van der Waals surface area (Å²) in [5.74, 6) is 4.94. The van der Waals surface area contributed by atoms with E-state index in [0.717, 1.165) is 77.9 Å². The first-order chi connectivity index (χ1) is 65.0. The van der Waals surface area contributed by atoms with Gasteiger partial charge in [-0.2, -0.15) is 13.2 Å². The molecule has 19 heteroatoms. The molecule has 0 bridgehead atoms. The van der Waals surface area contributed by atoms with E-state index in [4.69, 9.17) is 64.8 Å². The van der Waals surface area contributed by atoms with Crippen LogP contribution in [0.25, 0.3) is 203 Å². The van der Waals surface area contributed by atoms with Crippen LogP contribution in [-0.4, -0.2) is 82.3 Å². The maximum absolute atomic E-state index is 16.6. The molecule has 0 aliphatic carbocycles. The molecule has 0 amide bonds. The number of nitrogens with zero attached hydrogens (tertiary/aromatic N) is 16. The van der Waals surface area contributed by atoms with Gasteiger partial charge in [-0.15, -0.1) is 0 Å². The lowest BCUT2D eigenvalue weighted by atomic mass is 9.94. The van der Waals surface area contributed by atoms with Crippen LogP contribution in [-0.2, 0) is 6.18 Å². The number of hydrogen-bond donors (Lipinski definition) is 0. The van der Waals surface area contributed by atoms with Gasteiger partial charge in [-0.05, 0) is 140 Å². The molecule has 6 heterocycles. The standard InChI is InChI=1S/C113H71F3N16/c1-117-101(121-102(73-36-16-4-17-37-73)118-85-50-30-11-31-51-85)80-52-61-98-91(64-80)92-67-83(111-129-107(78-46-26-9-27-47-78)124-108(130-111)79-48-28-10-29-49-79)55-62-99(92)132(98)100-63-56-84(113(114,115)116)68-93(100)88-69-86(57-58-87(88)112-119-94(71-32-12-2-13-33-71)70-95(120-112)72-34-14-3-15-35-72)131-96-59-53-81(109-125-103(74-38-18-5-19-39-74)122-104(126-109)75-40-20-6-21-41-75)65-89(96)90-66-82(54-60-97(90)131)110-127-105(76-42-22-7-23-43-76)123-106(128-110)77-44-24-8-25-45-77/h2-70H,1H2. The highest BCUT2D eigenvalue weighted by atomic mass is 19.4. The van der Waals surface area contributed by atoms with E-state index in [1.54, 1.807) is 6.07 Å². The smallest absolute Gasteiger partial charge is 0.309 e. The summed E-state index contributed by atoms with van der Waals surface area (Å²) >= 11 is 0. The molecular weight excluding hydrogens is 1640 g/mol. The predicted octanol–water partition coefficient (Wildman–Crippen LogP) is 27.1. The molecule has 0 atom stereocenters. The Bertz CT molecular complexity index is 7800. The van der Waals surface area contributed by atoms with Gasteiger partial charge in [0.2, 0.25) is 0 Å². The van der Waals surface area contributed by atoms with Gasteiger partial charge in [-0.25, -0.2) is 69.8 Å². The van der Waals surface area contributed by atoms with Gasteiger partial charge in [-0.1, -0.05) is 291 Å². The summed E-state index contributed by atoms with van der Waals surface area (Å²) in [6.07, 6.45) is -4.87. The summed E-state index contributed by atoms with van der Waals surface area (Å²) in [5.41, 5.74) is 15.2. The molecule has 0 radical (unpaired) electrons. The molecule has 6 aromatic heterocycles. The van der Waals surface area contributed by atoms with Crippen molar-refractivity contribution in [3.8, 4) is 159 Å². The zero-order chi connectivity index (χ0) is 88.6. The SMILES string of the molecule is C=NC(=NC(=Nc1ccccc1)c1ccccc1)c1ccc2c(c1)c1cc(-c3nc(-c4ccccc4)nc(-c4ccccc4)n3)ccc1n2-c1ccc(C(F)(F)F)cc1-c1cc(-n2c3ccc(-c4nc(-c5ccccc5)nc(-c5ccccc5)n4)cc3c3cc(-c4nc(-c5ccccc5)nc(-c5ccccc5)n4)ccc32)ccc1-c1nc(-c2ccccc2)cc(-c2ccccc2)n1. The van der Waals surface area contributed by atoms with Crippen molar-refractivity contribution in [3.05, 3.63) is 435 Å². The number of hydrogen-bond acceptors (Lipinski definition) is 12. The predicted molar refractivity (Wildman–Crippen MR) is 522 cm³/mol. The summed E-state index contributed by atoms with van der Waals surface area (Å²) in [6.45, 7) is 4.12. The van der Waals surface area contributed by atoms with Crippen LogP contribution in [0.3, 0.4) is 0 Å². The Morgan fingerprint density at radius 3 is 0.947 bits per heavy atom. The van der Waals surface area contributed by atoms with Crippen LogP contribution >= 0.6 is 0 Å². The number of rotatable bonds is 18. The molecule has 132 heavy (non-hydrogen) atoms. The number of fused-ring (bicyclic) bond motifs is 6. The van der Waals surface area contributed by atoms with Gasteiger partial charge in [0, 0.05) is 111 Å². The van der Waals surface area contributed by atoms with Gasteiger partial charge in [0.1, 0.15) is 0 Å². The highest BCUT2D eigenvalue weighted by molar-refractivity contribution is 6.18. The fourth-order valence-corrected chi connectivity index (χ4v) is 16.9. The van der Waals surface area contributed by atoms with Crippen LogP contribution in [0.5, 0.6) is 0 Å². The van der Waals surface area contributed by atoms with Crippen molar-refractivity contribution in [1.29, 1.82) is 0 Å². The number of aromatic nitrogens is 13. The van der Waals surface area contributed by atoms with Crippen molar-refractivity contribution in [1.82, 2.24) is 64.0 Å². The normalized spacial score (nSPS) is 11.9. The molecule has 0 saturated heterocycles. The molecule has 0 aliphatic heterocycles. The third-order valence-corrected chi connectivity index (χ3v) is 23.3. The van der Waals surface area contributed by atoms with Gasteiger partial charge < -0.3 is 9.13 Å². The zero-order valence-electron chi connectivity index (χ0n) is 70.3. The Labute approximate surface area is 755 Å². The van der Waals surface area contributed by atoms with E-state index < -0.39 is 11.7 Å². The van der Waals surface area contributed by atoms with Crippen molar-refractivity contribution in [2.24, 2.45) is 15.0 Å². The van der Waals surface area contributed by atoms with Gasteiger partial charge in [0.15, 0.2) is 69.9 Å². The Kier molecular flexibility index (Phi) is 20.8. The number of alkyl halides is 3. The van der Waals surface area contributed by atoms with Crippen molar-refractivity contribution in [2.45, 2.75) is 6.18 Å². The molecular formula is C113H71F3N16. The number of halogens is 3. The number of para-hydroxylation sites is 1. The molecule has 0 saturated carbocycles. The molecule has 0 N–H and O–H groups in total. The first kappa shape index (κ1) is 79.9. The van der Waals surface area contributed by atoms with Crippen molar-refractivity contribution in [3.63, 3.8) is 0 Å². The summed E-state index contributed by atoms with van der Waals surface area (Å²) in [5, 5.41) is 2.91. The van der Waals surface area contributed by atoms with E-state index in [1.807, 2.05) is 393 Å². The number of amidine groups is 2. The molecule has 16 nitrogen and oxygen atoms in total. The topological polar surface area (TPSA) is 189 Å². The number of aliphatic imine (C=N–C) groups is 3. The molecule has 16 aromatic carbocycles. The Balaban J connectivity index is 0.816. The second-order valence-corrected chi connectivity index (χ2v) is 31.6. The fourth-order valence-electron chi connectivity index (χ4n) is 16.9. The molecule has 22 aromatic rings. The summed E-state index contributed by atoms with van der Waals surface area (Å²) in [7, 11) is 0. The monoisotopic (exact) mass is 1710 g/mol. The molecule has 0 spiro atoms. The first-order valence-electron chi connectivity index (χ1n) is 42.9. The summed E-state index contributed by atoms with van der Waals surface area (Å²) in [4.78, 5) is 72.5.